The molecular formula is C24H39N3O4. The van der Waals surface area contributed by atoms with E-state index in [9.17, 15) is 9.59 Å². The topological polar surface area (TPSA) is 72.0 Å². The van der Waals surface area contributed by atoms with Crippen LogP contribution in [-0.4, -0.2) is 45.9 Å². The van der Waals surface area contributed by atoms with Gasteiger partial charge in [-0.1, -0.05) is 13.0 Å². The maximum Gasteiger partial charge on any atom is 0.416 e. The summed E-state index contributed by atoms with van der Waals surface area (Å²) in [5.74, 6) is 0.548. The highest BCUT2D eigenvalue weighted by Gasteiger charge is 2.36. The third-order valence-electron chi connectivity index (χ3n) is 5.16. The Hall–Kier alpha value is -2.31. The lowest BCUT2D eigenvalue weighted by Crippen LogP contribution is -2.45. The first-order valence-electron chi connectivity index (χ1n) is 11.3. The number of piperidine rings is 1. The molecule has 2 heterocycles. The molecule has 0 bridgehead atoms. The van der Waals surface area contributed by atoms with Crippen LogP contribution < -0.4 is 4.90 Å². The summed E-state index contributed by atoms with van der Waals surface area (Å²) in [6, 6.07) is 3.49. The van der Waals surface area contributed by atoms with E-state index in [-0.39, 0.29) is 18.2 Å². The van der Waals surface area contributed by atoms with Gasteiger partial charge in [0.25, 0.3) is 0 Å². The first-order chi connectivity index (χ1) is 14.3. The second-order valence-electron chi connectivity index (χ2n) is 10.2. The number of hydrogen-bond acceptors (Lipinski definition) is 5. The zero-order valence-electron chi connectivity index (χ0n) is 20.4. The van der Waals surface area contributed by atoms with Crippen molar-refractivity contribution in [3.8, 4) is 0 Å². The Labute approximate surface area is 187 Å². The minimum absolute atomic E-state index is 0.109. The zero-order chi connectivity index (χ0) is 23.4. The van der Waals surface area contributed by atoms with Crippen LogP contribution in [-0.2, 0) is 9.47 Å². The van der Waals surface area contributed by atoms with Gasteiger partial charge in [-0.25, -0.2) is 14.6 Å². The average Bonchev–Trinajstić information content (AvgIpc) is 2.65. The third-order valence-corrected chi connectivity index (χ3v) is 5.16. The third kappa shape index (κ3) is 6.84. The smallest absolute Gasteiger partial charge is 0.416 e. The summed E-state index contributed by atoms with van der Waals surface area (Å²) in [5, 5.41) is 0. The van der Waals surface area contributed by atoms with Crippen molar-refractivity contribution in [3.05, 3.63) is 23.9 Å². The van der Waals surface area contributed by atoms with Crippen LogP contribution in [0.1, 0.15) is 92.7 Å². The largest absolute Gasteiger partial charge is 0.444 e. The van der Waals surface area contributed by atoms with Gasteiger partial charge in [0.05, 0.1) is 6.04 Å². The van der Waals surface area contributed by atoms with E-state index in [0.29, 0.717) is 12.4 Å². The lowest BCUT2D eigenvalue weighted by atomic mass is 9.95. The van der Waals surface area contributed by atoms with Crippen LogP contribution in [0.25, 0.3) is 0 Å². The van der Waals surface area contributed by atoms with Gasteiger partial charge in [0.2, 0.25) is 0 Å². The number of likely N-dealkylation sites (tertiary alicyclic amines) is 1. The molecule has 2 amide bonds. The van der Waals surface area contributed by atoms with Crippen molar-refractivity contribution in [1.82, 2.24) is 9.88 Å². The molecule has 2 atom stereocenters. The van der Waals surface area contributed by atoms with Crippen LogP contribution in [0.4, 0.5) is 15.4 Å². The van der Waals surface area contributed by atoms with E-state index in [4.69, 9.17) is 9.47 Å². The zero-order valence-corrected chi connectivity index (χ0v) is 20.4. The Kier molecular flexibility index (Phi) is 7.95. The first kappa shape index (κ1) is 25.0. The van der Waals surface area contributed by atoms with Gasteiger partial charge >= 0.3 is 12.2 Å². The lowest BCUT2D eigenvalue weighted by molar-refractivity contribution is 0.00955. The van der Waals surface area contributed by atoms with Gasteiger partial charge in [-0.2, -0.15) is 0 Å². The van der Waals surface area contributed by atoms with Crippen molar-refractivity contribution in [1.29, 1.82) is 0 Å². The Bertz CT molecular complexity index is 767. The summed E-state index contributed by atoms with van der Waals surface area (Å²) >= 11 is 0. The SMILES string of the molecule is CC[C@H](C)N(C(=O)OC(C)(C)C)c1ncccc1[C@H]1CCCCN1C(=O)OC(C)(C)C. The molecule has 0 unspecified atom stereocenters. The van der Waals surface area contributed by atoms with Crippen LogP contribution >= 0.6 is 0 Å². The summed E-state index contributed by atoms with van der Waals surface area (Å²) < 4.78 is 11.4. The van der Waals surface area contributed by atoms with E-state index in [1.165, 1.54) is 0 Å². The maximum atomic E-state index is 13.2. The molecular weight excluding hydrogens is 394 g/mol. The van der Waals surface area contributed by atoms with E-state index in [2.05, 4.69) is 4.98 Å². The highest BCUT2D eigenvalue weighted by Crippen LogP contribution is 2.37. The van der Waals surface area contributed by atoms with Gasteiger partial charge in [-0.15, -0.1) is 0 Å². The predicted octanol–water partition coefficient (Wildman–Crippen LogP) is 6.08. The summed E-state index contributed by atoms with van der Waals surface area (Å²) in [7, 11) is 0. The number of hydrogen-bond donors (Lipinski definition) is 0. The van der Waals surface area contributed by atoms with Gasteiger partial charge < -0.3 is 14.4 Å². The summed E-state index contributed by atoms with van der Waals surface area (Å²) in [5.41, 5.74) is -0.347. The van der Waals surface area contributed by atoms with Crippen LogP contribution in [0.15, 0.2) is 18.3 Å². The normalized spacial score (nSPS) is 18.3. The number of carbonyl (C=O) groups excluding carboxylic acids is 2. The second kappa shape index (κ2) is 9.88. The molecule has 1 aliphatic heterocycles. The number of nitrogens with zero attached hydrogens (tertiary/aromatic N) is 3. The van der Waals surface area contributed by atoms with Crippen LogP contribution in [0, 0.1) is 0 Å². The Balaban J connectivity index is 2.47. The van der Waals surface area contributed by atoms with Crippen molar-refractivity contribution >= 4 is 18.0 Å². The number of rotatable bonds is 4. The summed E-state index contributed by atoms with van der Waals surface area (Å²) in [6.45, 7) is 15.8. The van der Waals surface area contributed by atoms with Gasteiger partial charge in [0.1, 0.15) is 17.0 Å². The number of ether oxygens (including phenoxy) is 2. The second-order valence-corrected chi connectivity index (χ2v) is 10.2. The predicted molar refractivity (Wildman–Crippen MR) is 122 cm³/mol. The quantitative estimate of drug-likeness (QED) is 0.575. The van der Waals surface area contributed by atoms with Gasteiger partial charge in [0, 0.05) is 24.3 Å². The van der Waals surface area contributed by atoms with Gasteiger partial charge in [-0.05, 0) is 80.2 Å². The van der Waals surface area contributed by atoms with Gasteiger partial charge in [-0.3, -0.25) is 4.90 Å². The van der Waals surface area contributed by atoms with E-state index >= 15 is 0 Å². The van der Waals surface area contributed by atoms with Crippen LogP contribution in [0.2, 0.25) is 0 Å². The molecule has 1 aliphatic rings. The van der Waals surface area contributed by atoms with Crippen molar-refractivity contribution in [2.45, 2.75) is 104 Å². The summed E-state index contributed by atoms with van der Waals surface area (Å²) in [6.07, 6.45) is 4.37. The Morgan fingerprint density at radius 3 is 2.39 bits per heavy atom. The Morgan fingerprint density at radius 1 is 1.16 bits per heavy atom. The minimum atomic E-state index is -0.620. The van der Waals surface area contributed by atoms with E-state index < -0.39 is 17.3 Å². The highest BCUT2D eigenvalue weighted by atomic mass is 16.6. The van der Waals surface area contributed by atoms with Crippen LogP contribution in [0.5, 0.6) is 0 Å². The average molecular weight is 434 g/mol. The molecule has 7 nitrogen and oxygen atoms in total. The fourth-order valence-corrected chi connectivity index (χ4v) is 3.63. The number of pyridine rings is 1. The molecule has 0 aliphatic carbocycles. The minimum Gasteiger partial charge on any atom is -0.444 e. The van der Waals surface area contributed by atoms with E-state index in [0.717, 1.165) is 31.2 Å². The van der Waals surface area contributed by atoms with E-state index in [1.54, 1.807) is 16.0 Å². The molecule has 0 N–H and O–H groups in total. The summed E-state index contributed by atoms with van der Waals surface area (Å²) in [4.78, 5) is 34.1. The first-order valence-corrected chi connectivity index (χ1v) is 11.3. The highest BCUT2D eigenvalue weighted by molar-refractivity contribution is 5.88. The number of amides is 2. The molecule has 0 saturated carbocycles. The monoisotopic (exact) mass is 433 g/mol. The fourth-order valence-electron chi connectivity index (χ4n) is 3.63. The number of anilines is 1. The van der Waals surface area contributed by atoms with Crippen LogP contribution in [0.3, 0.4) is 0 Å². The molecule has 0 aromatic carbocycles. The van der Waals surface area contributed by atoms with Crippen molar-refractivity contribution in [2.24, 2.45) is 0 Å². The molecule has 31 heavy (non-hydrogen) atoms. The number of carbonyl (C=O) groups is 2. The van der Waals surface area contributed by atoms with E-state index in [1.807, 2.05) is 67.5 Å². The molecule has 0 radical (unpaired) electrons. The molecule has 0 spiro atoms. The number of aromatic nitrogens is 1. The lowest BCUT2D eigenvalue weighted by Gasteiger charge is -2.39. The fraction of sp³-hybridized carbons (Fsp3) is 0.708. The molecule has 1 aromatic rings. The molecule has 174 valence electrons. The molecule has 7 heteroatoms. The van der Waals surface area contributed by atoms with Gasteiger partial charge in [0.15, 0.2) is 0 Å². The van der Waals surface area contributed by atoms with Crippen molar-refractivity contribution in [3.63, 3.8) is 0 Å². The molecule has 1 aromatic heterocycles. The standard InChI is InChI=1S/C24H39N3O4/c1-9-17(2)27(22(29)31-24(6,7)8)20-18(13-12-15-25-20)19-14-10-11-16-26(19)21(28)30-23(3,4)5/h12-13,15,17,19H,9-11,14,16H2,1-8H3/t17-,19+/m0/s1. The molecule has 1 saturated heterocycles. The molecule has 2 rings (SSSR count). The Morgan fingerprint density at radius 2 is 1.81 bits per heavy atom. The molecule has 1 fully saturated rings. The van der Waals surface area contributed by atoms with Crippen molar-refractivity contribution in [2.75, 3.05) is 11.4 Å². The maximum absolute atomic E-state index is 13.2. The van der Waals surface area contributed by atoms with Crippen molar-refractivity contribution < 1.29 is 19.1 Å².